The third-order valence-electron chi connectivity index (χ3n) is 3.17. The second-order valence-corrected chi connectivity index (χ2v) is 13.3. The third-order valence-corrected chi connectivity index (χ3v) is 11.5. The number of halogens is 1. The first-order chi connectivity index (χ1) is 7.95. The van der Waals surface area contributed by atoms with Gasteiger partial charge in [0.25, 0.3) is 0 Å². The van der Waals surface area contributed by atoms with E-state index in [4.69, 9.17) is 13.3 Å². The van der Waals surface area contributed by atoms with Crippen LogP contribution in [0.3, 0.4) is 0 Å². The van der Waals surface area contributed by atoms with Gasteiger partial charge in [0.05, 0.1) is 6.16 Å². The van der Waals surface area contributed by atoms with Crippen LogP contribution in [-0.2, 0) is 13.3 Å². The molecule has 0 bridgehead atoms. The van der Waals surface area contributed by atoms with Crippen LogP contribution in [0.5, 0.6) is 0 Å². The molecule has 0 N–H and O–H groups in total. The molecule has 0 unspecified atom stereocenters. The molecule has 0 fully saturated rings. The number of hydrogen-bond donors (Lipinski definition) is 0. The SMILES string of the molecule is CCCCCC[P+](C)(C)C[Si](OC)(OC)OC.[Br-]. The van der Waals surface area contributed by atoms with Crippen molar-refractivity contribution in [2.24, 2.45) is 0 Å². The lowest BCUT2D eigenvalue weighted by Crippen LogP contribution is -3.00. The molecule has 0 saturated heterocycles. The molecule has 3 nitrogen and oxygen atoms in total. The van der Waals surface area contributed by atoms with Crippen molar-refractivity contribution in [2.75, 3.05) is 46.6 Å². The lowest BCUT2D eigenvalue weighted by Gasteiger charge is -2.28. The quantitative estimate of drug-likeness (QED) is 0.318. The van der Waals surface area contributed by atoms with E-state index in [1.165, 1.54) is 31.8 Å². The van der Waals surface area contributed by atoms with Gasteiger partial charge in [-0.2, -0.15) is 0 Å². The van der Waals surface area contributed by atoms with E-state index in [0.717, 1.165) is 5.79 Å². The van der Waals surface area contributed by atoms with E-state index >= 15 is 0 Å². The molecule has 0 saturated carbocycles. The van der Waals surface area contributed by atoms with E-state index < -0.39 is 16.1 Å². The van der Waals surface area contributed by atoms with Crippen molar-refractivity contribution in [3.8, 4) is 0 Å². The summed E-state index contributed by atoms with van der Waals surface area (Å²) in [6, 6.07) is 0. The standard InChI is InChI=1S/C12H30O3PSi.BrH/c1-7-8-9-10-11-16(5,6)12-17(13-2,14-3)15-4;/h7-12H2,1-6H3;1H/q+1;/p-1. The minimum atomic E-state index is -2.37. The molecule has 0 spiro atoms. The molecule has 0 amide bonds. The van der Waals surface area contributed by atoms with Crippen molar-refractivity contribution in [1.29, 1.82) is 0 Å². The van der Waals surface area contributed by atoms with E-state index in [1.54, 1.807) is 21.3 Å². The molecular weight excluding hydrogens is 331 g/mol. The summed E-state index contributed by atoms with van der Waals surface area (Å²) in [6.45, 7) is 7.02. The normalized spacial score (nSPS) is 12.3. The molecular formula is C12H30BrO3PSi. The first kappa shape index (κ1) is 21.3. The lowest BCUT2D eigenvalue weighted by molar-refractivity contribution is -0.00000868. The fourth-order valence-electron chi connectivity index (χ4n) is 2.01. The molecule has 0 aliphatic rings. The van der Waals surface area contributed by atoms with Crippen molar-refractivity contribution in [3.05, 3.63) is 0 Å². The molecule has 0 radical (unpaired) electrons. The molecule has 0 aromatic carbocycles. The van der Waals surface area contributed by atoms with Gasteiger partial charge in [0.15, 0.2) is 0 Å². The zero-order valence-electron chi connectivity index (χ0n) is 12.8. The van der Waals surface area contributed by atoms with Gasteiger partial charge in [-0.05, 0) is 12.8 Å². The number of rotatable bonds is 10. The zero-order chi connectivity index (χ0) is 13.4. The molecule has 0 rings (SSSR count). The fraction of sp³-hybridized carbons (Fsp3) is 1.00. The lowest BCUT2D eigenvalue weighted by atomic mass is 10.2. The third kappa shape index (κ3) is 8.23. The van der Waals surface area contributed by atoms with E-state index in [0.29, 0.717) is 0 Å². The Kier molecular flexibility index (Phi) is 12.7. The summed E-state index contributed by atoms with van der Waals surface area (Å²) in [6.07, 6.45) is 6.64. The maximum atomic E-state index is 5.52. The van der Waals surface area contributed by atoms with Gasteiger partial charge in [-0.3, -0.25) is 0 Å². The van der Waals surface area contributed by atoms with Crippen LogP contribution >= 0.6 is 7.26 Å². The maximum Gasteiger partial charge on any atom is 0.539 e. The van der Waals surface area contributed by atoms with E-state index in [-0.39, 0.29) is 17.0 Å². The van der Waals surface area contributed by atoms with Crippen molar-refractivity contribution < 1.29 is 30.3 Å². The van der Waals surface area contributed by atoms with Gasteiger partial charge in [0.2, 0.25) is 0 Å². The topological polar surface area (TPSA) is 27.7 Å². The minimum absolute atomic E-state index is 0. The zero-order valence-corrected chi connectivity index (χ0v) is 16.3. The molecule has 0 aliphatic carbocycles. The number of unbranched alkanes of at least 4 members (excludes halogenated alkanes) is 3. The molecule has 0 atom stereocenters. The Bertz CT molecular complexity index is 193. The molecule has 6 heteroatoms. The van der Waals surface area contributed by atoms with Crippen LogP contribution in [0.15, 0.2) is 0 Å². The van der Waals surface area contributed by atoms with Crippen LogP contribution in [-0.4, -0.2) is 55.4 Å². The predicted molar refractivity (Wildman–Crippen MR) is 79.4 cm³/mol. The van der Waals surface area contributed by atoms with Gasteiger partial charge in [0.1, 0.15) is 5.79 Å². The Morgan fingerprint density at radius 2 is 1.39 bits per heavy atom. The second-order valence-electron chi connectivity index (χ2n) is 5.17. The fourth-order valence-corrected chi connectivity index (χ4v) is 9.97. The van der Waals surface area contributed by atoms with Gasteiger partial charge in [-0.1, -0.05) is 19.8 Å². The van der Waals surface area contributed by atoms with Gasteiger partial charge < -0.3 is 30.3 Å². The Morgan fingerprint density at radius 1 is 0.889 bits per heavy atom. The Balaban J connectivity index is 0. The summed E-state index contributed by atoms with van der Waals surface area (Å²) < 4.78 is 16.6. The smallest absolute Gasteiger partial charge is 0.539 e. The maximum absolute atomic E-state index is 5.52. The average molecular weight is 361 g/mol. The van der Waals surface area contributed by atoms with E-state index in [1.807, 2.05) is 0 Å². The number of hydrogen-bond acceptors (Lipinski definition) is 3. The van der Waals surface area contributed by atoms with Crippen LogP contribution in [0.25, 0.3) is 0 Å². The van der Waals surface area contributed by atoms with E-state index in [9.17, 15) is 0 Å². The van der Waals surface area contributed by atoms with Crippen molar-refractivity contribution in [2.45, 2.75) is 32.6 Å². The molecule has 0 aromatic rings. The summed E-state index contributed by atoms with van der Waals surface area (Å²) in [4.78, 5) is 0. The van der Waals surface area contributed by atoms with Crippen molar-refractivity contribution in [1.82, 2.24) is 0 Å². The van der Waals surface area contributed by atoms with Crippen molar-refractivity contribution in [3.63, 3.8) is 0 Å². The Hall–Kier alpha value is 1.01. The van der Waals surface area contributed by atoms with Gasteiger partial charge >= 0.3 is 8.80 Å². The first-order valence-corrected chi connectivity index (χ1v) is 11.4. The van der Waals surface area contributed by atoms with Gasteiger partial charge in [-0.15, -0.1) is 0 Å². The van der Waals surface area contributed by atoms with E-state index in [2.05, 4.69) is 20.3 Å². The first-order valence-electron chi connectivity index (χ1n) is 6.42. The largest absolute Gasteiger partial charge is 1.00 e. The summed E-state index contributed by atoms with van der Waals surface area (Å²) >= 11 is 0. The highest BCUT2D eigenvalue weighted by Gasteiger charge is 2.48. The molecule has 0 aliphatic heterocycles. The van der Waals surface area contributed by atoms with Crippen molar-refractivity contribution >= 4 is 16.1 Å². The highest BCUT2D eigenvalue weighted by molar-refractivity contribution is 7.76. The summed E-state index contributed by atoms with van der Waals surface area (Å²) in [5, 5.41) is 0. The molecule has 112 valence electrons. The highest BCUT2D eigenvalue weighted by atomic mass is 79.9. The van der Waals surface area contributed by atoms with Crippen LogP contribution in [0.1, 0.15) is 32.6 Å². The minimum Gasteiger partial charge on any atom is -1.00 e. The predicted octanol–water partition coefficient (Wildman–Crippen LogP) is 0.265. The van der Waals surface area contributed by atoms with Gasteiger partial charge in [0, 0.05) is 41.9 Å². The van der Waals surface area contributed by atoms with Gasteiger partial charge in [-0.25, -0.2) is 0 Å². The van der Waals surface area contributed by atoms with Crippen LogP contribution in [0.2, 0.25) is 0 Å². The summed E-state index contributed by atoms with van der Waals surface area (Å²) in [7, 11) is 1.77. The molecule has 0 heterocycles. The molecule has 18 heavy (non-hydrogen) atoms. The monoisotopic (exact) mass is 360 g/mol. The molecule has 0 aromatic heterocycles. The summed E-state index contributed by atoms with van der Waals surface area (Å²) in [5.74, 6) is 0.996. The van der Waals surface area contributed by atoms with Crippen LogP contribution in [0.4, 0.5) is 0 Å². The van der Waals surface area contributed by atoms with Crippen LogP contribution in [0, 0.1) is 0 Å². The second kappa shape index (κ2) is 10.8. The highest BCUT2D eigenvalue weighted by Crippen LogP contribution is 2.53. The Morgan fingerprint density at radius 3 is 1.78 bits per heavy atom. The average Bonchev–Trinajstić information content (AvgIpc) is 2.32. The summed E-state index contributed by atoms with van der Waals surface area (Å²) in [5.41, 5.74) is 0. The Labute approximate surface area is 125 Å². The van der Waals surface area contributed by atoms with Crippen LogP contribution < -0.4 is 17.0 Å².